The molecule has 0 saturated heterocycles. The van der Waals surface area contributed by atoms with Crippen LogP contribution < -0.4 is 5.56 Å². The van der Waals surface area contributed by atoms with Crippen LogP contribution in [0.15, 0.2) is 41.2 Å². The van der Waals surface area contributed by atoms with Gasteiger partial charge < -0.3 is 4.74 Å². The Morgan fingerprint density at radius 1 is 1.21 bits per heavy atom. The van der Waals surface area contributed by atoms with E-state index in [0.29, 0.717) is 12.8 Å². The van der Waals surface area contributed by atoms with Crippen molar-refractivity contribution in [3.05, 3.63) is 52.4 Å². The van der Waals surface area contributed by atoms with Gasteiger partial charge in [0.25, 0.3) is 5.56 Å². The first kappa shape index (κ1) is 18.0. The van der Waals surface area contributed by atoms with Crippen LogP contribution in [-0.2, 0) is 23.0 Å². The molecule has 2 aromatic rings. The maximum atomic E-state index is 12.3. The van der Waals surface area contributed by atoms with E-state index < -0.39 is 5.60 Å². The van der Waals surface area contributed by atoms with Crippen molar-refractivity contribution in [1.29, 1.82) is 0 Å². The molecule has 2 rings (SSSR count). The highest BCUT2D eigenvalue weighted by molar-refractivity contribution is 5.70. The van der Waals surface area contributed by atoms with Gasteiger partial charge in [-0.3, -0.25) is 14.3 Å². The van der Waals surface area contributed by atoms with Gasteiger partial charge in [-0.1, -0.05) is 25.1 Å². The van der Waals surface area contributed by atoms with Gasteiger partial charge in [0, 0.05) is 25.2 Å². The largest absolute Gasteiger partial charge is 0.460 e. The number of ether oxygens (including phenoxy) is 1. The highest BCUT2D eigenvalue weighted by Gasteiger charge is 2.20. The first-order chi connectivity index (χ1) is 11.2. The van der Waals surface area contributed by atoms with E-state index in [9.17, 15) is 9.59 Å². The Morgan fingerprint density at radius 2 is 1.83 bits per heavy atom. The van der Waals surface area contributed by atoms with Crippen molar-refractivity contribution in [2.75, 3.05) is 0 Å². The fraction of sp³-hybridized carbons (Fsp3) is 0.474. The Labute approximate surface area is 142 Å². The van der Waals surface area contributed by atoms with Crippen molar-refractivity contribution in [1.82, 2.24) is 9.36 Å². The normalized spacial score (nSPS) is 12.9. The summed E-state index contributed by atoms with van der Waals surface area (Å²) in [5.74, 6) is -0.112. The van der Waals surface area contributed by atoms with E-state index in [0.717, 1.165) is 11.4 Å². The lowest BCUT2D eigenvalue weighted by atomic mass is 10.0. The molecule has 5 nitrogen and oxygen atoms in total. The van der Waals surface area contributed by atoms with E-state index in [4.69, 9.17) is 4.74 Å². The minimum Gasteiger partial charge on any atom is -0.460 e. The van der Waals surface area contributed by atoms with E-state index >= 15 is 0 Å². The van der Waals surface area contributed by atoms with Crippen LogP contribution in [0.25, 0.3) is 5.69 Å². The molecule has 130 valence electrons. The molecule has 1 aromatic heterocycles. The third kappa shape index (κ3) is 4.60. The van der Waals surface area contributed by atoms with Crippen LogP contribution in [0.1, 0.15) is 39.8 Å². The van der Waals surface area contributed by atoms with Crippen molar-refractivity contribution in [2.24, 2.45) is 13.0 Å². The lowest BCUT2D eigenvalue weighted by Gasteiger charge is -2.21. The van der Waals surface area contributed by atoms with E-state index in [-0.39, 0.29) is 17.4 Å². The van der Waals surface area contributed by atoms with Gasteiger partial charge in [0.2, 0.25) is 0 Å². The van der Waals surface area contributed by atoms with Crippen LogP contribution in [0, 0.1) is 5.92 Å². The average Bonchev–Trinajstić information content (AvgIpc) is 2.71. The maximum absolute atomic E-state index is 12.3. The molecule has 0 aliphatic carbocycles. The van der Waals surface area contributed by atoms with Crippen molar-refractivity contribution >= 4 is 5.97 Å². The zero-order valence-electron chi connectivity index (χ0n) is 15.1. The van der Waals surface area contributed by atoms with Gasteiger partial charge in [0.1, 0.15) is 5.60 Å². The van der Waals surface area contributed by atoms with E-state index in [1.807, 2.05) is 69.8 Å². The van der Waals surface area contributed by atoms with Crippen LogP contribution in [0.4, 0.5) is 0 Å². The quantitative estimate of drug-likeness (QED) is 0.792. The van der Waals surface area contributed by atoms with Gasteiger partial charge in [-0.15, -0.1) is 0 Å². The van der Waals surface area contributed by atoms with Gasteiger partial charge in [-0.25, -0.2) is 4.68 Å². The van der Waals surface area contributed by atoms with Crippen LogP contribution in [0.5, 0.6) is 0 Å². The summed E-state index contributed by atoms with van der Waals surface area (Å²) in [6.07, 6.45) is 0.979. The number of nitrogens with zero attached hydrogens (tertiary/aromatic N) is 2. The third-order valence-corrected chi connectivity index (χ3v) is 3.71. The van der Waals surface area contributed by atoms with Crippen LogP contribution in [0.2, 0.25) is 0 Å². The van der Waals surface area contributed by atoms with Gasteiger partial charge in [-0.2, -0.15) is 0 Å². The second-order valence-corrected chi connectivity index (χ2v) is 7.24. The molecule has 0 aliphatic rings. The summed E-state index contributed by atoms with van der Waals surface area (Å²) in [6.45, 7) is 7.58. The van der Waals surface area contributed by atoms with Crippen molar-refractivity contribution in [3.8, 4) is 5.69 Å². The van der Waals surface area contributed by atoms with Crippen molar-refractivity contribution in [3.63, 3.8) is 0 Å². The zero-order chi connectivity index (χ0) is 17.9. The molecule has 24 heavy (non-hydrogen) atoms. The number of carbonyl (C=O) groups is 1. The van der Waals surface area contributed by atoms with E-state index in [1.165, 1.54) is 0 Å². The summed E-state index contributed by atoms with van der Waals surface area (Å²) in [4.78, 5) is 24.2. The lowest BCUT2D eigenvalue weighted by Crippen LogP contribution is -2.25. The monoisotopic (exact) mass is 330 g/mol. The number of hydrogen-bond donors (Lipinski definition) is 0. The van der Waals surface area contributed by atoms with Crippen LogP contribution in [-0.4, -0.2) is 20.9 Å². The summed E-state index contributed by atoms with van der Waals surface area (Å²) in [5.41, 5.74) is 1.19. The Kier molecular flexibility index (Phi) is 5.32. The highest BCUT2D eigenvalue weighted by Crippen LogP contribution is 2.16. The molecule has 0 fully saturated rings. The summed E-state index contributed by atoms with van der Waals surface area (Å²) < 4.78 is 8.85. The Hall–Kier alpha value is -2.30. The Bertz CT molecular complexity index is 751. The topological polar surface area (TPSA) is 53.2 Å². The summed E-state index contributed by atoms with van der Waals surface area (Å²) in [7, 11) is 1.87. The molecule has 0 N–H and O–H groups in total. The zero-order valence-corrected chi connectivity index (χ0v) is 15.1. The number of carbonyl (C=O) groups excluding carboxylic acids is 1. The fourth-order valence-corrected chi connectivity index (χ4v) is 2.73. The van der Waals surface area contributed by atoms with E-state index in [1.54, 1.807) is 10.7 Å². The molecule has 1 atom stereocenters. The molecule has 0 aliphatic heterocycles. The Morgan fingerprint density at radius 3 is 2.42 bits per heavy atom. The van der Waals surface area contributed by atoms with Crippen LogP contribution in [0.3, 0.4) is 0 Å². The predicted molar refractivity (Wildman–Crippen MR) is 94.3 cm³/mol. The summed E-state index contributed by atoms with van der Waals surface area (Å²) in [6, 6.07) is 11.2. The molecule has 0 bridgehead atoms. The lowest BCUT2D eigenvalue weighted by molar-refractivity contribution is -0.155. The molecular formula is C19H26N2O3. The van der Waals surface area contributed by atoms with Crippen molar-refractivity contribution in [2.45, 2.75) is 46.1 Å². The first-order valence-corrected chi connectivity index (χ1v) is 8.22. The molecule has 1 aromatic carbocycles. The smallest absolute Gasteiger partial charge is 0.306 e. The van der Waals surface area contributed by atoms with Gasteiger partial charge in [0.15, 0.2) is 0 Å². The molecule has 5 heteroatoms. The molecular weight excluding hydrogens is 304 g/mol. The standard InChI is InChI=1S/C19H26N2O3/c1-14(12-18(23)24-19(2,3)4)11-16-13-17(22)21(20(16)5)15-9-7-6-8-10-15/h6-10,13-14H,11-12H2,1-5H3/t14-/m0/s1. The number of benzene rings is 1. The number of para-hydroxylation sites is 1. The number of aromatic nitrogens is 2. The van der Waals surface area contributed by atoms with Crippen molar-refractivity contribution < 1.29 is 9.53 Å². The summed E-state index contributed by atoms with van der Waals surface area (Å²) in [5, 5.41) is 0. The minimum absolute atomic E-state index is 0.0665. The molecule has 0 saturated carbocycles. The average molecular weight is 330 g/mol. The van der Waals surface area contributed by atoms with Gasteiger partial charge in [0.05, 0.1) is 5.69 Å². The third-order valence-electron chi connectivity index (χ3n) is 3.71. The second-order valence-electron chi connectivity index (χ2n) is 7.24. The molecule has 1 heterocycles. The number of esters is 1. The minimum atomic E-state index is -0.472. The molecule has 0 radical (unpaired) electrons. The van der Waals surface area contributed by atoms with Crippen LogP contribution >= 0.6 is 0 Å². The highest BCUT2D eigenvalue weighted by atomic mass is 16.6. The Balaban J connectivity index is 2.11. The number of rotatable bonds is 5. The number of hydrogen-bond acceptors (Lipinski definition) is 3. The second kappa shape index (κ2) is 7.07. The molecule has 0 amide bonds. The fourth-order valence-electron chi connectivity index (χ4n) is 2.73. The maximum Gasteiger partial charge on any atom is 0.306 e. The van der Waals surface area contributed by atoms with E-state index in [2.05, 4.69) is 0 Å². The predicted octanol–water partition coefficient (Wildman–Crippen LogP) is 3.09. The van der Waals surface area contributed by atoms with Gasteiger partial charge in [-0.05, 0) is 45.2 Å². The molecule has 0 unspecified atom stereocenters. The first-order valence-electron chi connectivity index (χ1n) is 8.22. The van der Waals surface area contributed by atoms with Gasteiger partial charge >= 0.3 is 5.97 Å². The summed E-state index contributed by atoms with van der Waals surface area (Å²) >= 11 is 0. The molecule has 0 spiro atoms. The SMILES string of the molecule is C[C@H](CC(=O)OC(C)(C)C)Cc1cc(=O)n(-c2ccccc2)n1C.